The summed E-state index contributed by atoms with van der Waals surface area (Å²) in [6.45, 7) is 0. The van der Waals surface area contributed by atoms with Gasteiger partial charge in [-0.1, -0.05) is 24.3 Å². The van der Waals surface area contributed by atoms with Gasteiger partial charge in [0.2, 0.25) is 6.41 Å². The minimum absolute atomic E-state index is 0.0978. The maximum atomic E-state index is 13.5. The first kappa shape index (κ1) is 20.5. The van der Waals surface area contributed by atoms with Crippen molar-refractivity contribution in [3.63, 3.8) is 0 Å². The topological polar surface area (TPSA) is 128 Å². The van der Waals surface area contributed by atoms with Gasteiger partial charge in [0.05, 0.1) is 16.8 Å². The van der Waals surface area contributed by atoms with Gasteiger partial charge < -0.3 is 21.5 Å². The molecule has 0 aromatic heterocycles. The van der Waals surface area contributed by atoms with Crippen LogP contribution < -0.4 is 16.4 Å². The number of anilines is 2. The highest BCUT2D eigenvalue weighted by Gasteiger charge is 2.36. The normalized spacial score (nSPS) is 11.6. The Morgan fingerprint density at radius 2 is 1.86 bits per heavy atom. The SMILES string of the molecule is N=C(N)Nc1cccc(C(=Cc2cccc(NC=O)c2C(F)(F)F)C(=O)O)c1. The molecule has 0 saturated carbocycles. The van der Waals surface area contributed by atoms with Crippen LogP contribution in [0.15, 0.2) is 42.5 Å². The van der Waals surface area contributed by atoms with E-state index >= 15 is 0 Å². The molecule has 0 fully saturated rings. The van der Waals surface area contributed by atoms with Gasteiger partial charge in [-0.05, 0) is 35.4 Å². The minimum atomic E-state index is -4.83. The molecule has 6 N–H and O–H groups in total. The second kappa shape index (κ2) is 8.25. The number of halogens is 3. The number of nitrogens with one attached hydrogen (secondary N) is 3. The van der Waals surface area contributed by atoms with E-state index in [1.165, 1.54) is 30.3 Å². The van der Waals surface area contributed by atoms with Crippen LogP contribution in [0.25, 0.3) is 11.6 Å². The van der Waals surface area contributed by atoms with Crippen molar-refractivity contribution in [2.24, 2.45) is 5.73 Å². The molecule has 2 aromatic rings. The Labute approximate surface area is 157 Å². The summed E-state index contributed by atoms with van der Waals surface area (Å²) < 4.78 is 40.5. The van der Waals surface area contributed by atoms with Crippen molar-refractivity contribution in [2.75, 3.05) is 10.6 Å². The summed E-state index contributed by atoms with van der Waals surface area (Å²) in [7, 11) is 0. The van der Waals surface area contributed by atoms with Gasteiger partial charge in [0.25, 0.3) is 0 Å². The number of guanidine groups is 1. The van der Waals surface area contributed by atoms with E-state index in [1.807, 2.05) is 5.32 Å². The third-order valence-corrected chi connectivity index (χ3v) is 3.58. The molecule has 2 aromatic carbocycles. The molecule has 28 heavy (non-hydrogen) atoms. The first-order valence-corrected chi connectivity index (χ1v) is 7.70. The van der Waals surface area contributed by atoms with Crippen LogP contribution in [0.2, 0.25) is 0 Å². The van der Waals surface area contributed by atoms with E-state index in [9.17, 15) is 27.9 Å². The average Bonchev–Trinajstić information content (AvgIpc) is 2.58. The smallest absolute Gasteiger partial charge is 0.418 e. The van der Waals surface area contributed by atoms with Gasteiger partial charge in [0.1, 0.15) is 0 Å². The third kappa shape index (κ3) is 4.87. The minimum Gasteiger partial charge on any atom is -0.478 e. The van der Waals surface area contributed by atoms with Gasteiger partial charge in [-0.25, -0.2) is 4.79 Å². The highest BCUT2D eigenvalue weighted by molar-refractivity contribution is 6.21. The summed E-state index contributed by atoms with van der Waals surface area (Å²) in [6, 6.07) is 9.13. The fourth-order valence-electron chi connectivity index (χ4n) is 2.53. The number of carbonyl (C=O) groups excluding carboxylic acids is 1. The number of carboxylic acids is 1. The lowest BCUT2D eigenvalue weighted by Gasteiger charge is -2.16. The van der Waals surface area contributed by atoms with Crippen molar-refractivity contribution in [1.29, 1.82) is 5.41 Å². The molecule has 0 radical (unpaired) electrons. The number of carbonyl (C=O) groups is 2. The molecule has 0 aliphatic carbocycles. The Morgan fingerprint density at radius 3 is 2.43 bits per heavy atom. The Hall–Kier alpha value is -3.82. The van der Waals surface area contributed by atoms with Gasteiger partial charge in [-0.2, -0.15) is 13.2 Å². The van der Waals surface area contributed by atoms with E-state index in [-0.39, 0.29) is 17.9 Å². The van der Waals surface area contributed by atoms with Crippen molar-refractivity contribution < 1.29 is 27.9 Å². The number of hydrogen-bond donors (Lipinski definition) is 5. The Kier molecular flexibility index (Phi) is 6.04. The second-order valence-corrected chi connectivity index (χ2v) is 5.51. The summed E-state index contributed by atoms with van der Waals surface area (Å²) in [5.41, 5.74) is 3.12. The molecule has 0 heterocycles. The number of amides is 1. The maximum absolute atomic E-state index is 13.5. The number of alkyl halides is 3. The third-order valence-electron chi connectivity index (χ3n) is 3.58. The quantitative estimate of drug-likeness (QED) is 0.170. The van der Waals surface area contributed by atoms with E-state index in [2.05, 4.69) is 5.32 Å². The number of carboxylic acid groups (broad SMARTS) is 1. The molecule has 0 aliphatic rings. The first-order valence-electron chi connectivity index (χ1n) is 7.70. The number of hydrogen-bond acceptors (Lipinski definition) is 3. The molecule has 7 nitrogen and oxygen atoms in total. The number of aliphatic carboxylic acids is 1. The fourth-order valence-corrected chi connectivity index (χ4v) is 2.53. The standard InChI is InChI=1S/C18H15F3N4O3/c19-18(20,21)15-11(4-2-6-14(15)24-9-26)8-13(16(27)28)10-3-1-5-12(7-10)25-17(22)23/h1-9H,(H,24,26)(H,27,28)(H4,22,23,25). The van der Waals surface area contributed by atoms with Crippen LogP contribution in [-0.2, 0) is 15.8 Å². The van der Waals surface area contributed by atoms with Crippen LogP contribution in [0.1, 0.15) is 16.7 Å². The molecule has 146 valence electrons. The van der Waals surface area contributed by atoms with E-state index in [0.29, 0.717) is 5.69 Å². The van der Waals surface area contributed by atoms with E-state index in [1.54, 1.807) is 0 Å². The van der Waals surface area contributed by atoms with E-state index in [4.69, 9.17) is 11.1 Å². The summed E-state index contributed by atoms with van der Waals surface area (Å²) in [4.78, 5) is 22.3. The lowest BCUT2D eigenvalue weighted by Crippen LogP contribution is -2.20. The Bertz CT molecular complexity index is 955. The molecular weight excluding hydrogens is 377 g/mol. The summed E-state index contributed by atoms with van der Waals surface area (Å²) in [5, 5.41) is 21.2. The first-order chi connectivity index (χ1) is 13.1. The number of rotatable bonds is 6. The molecule has 0 unspecified atom stereocenters. The monoisotopic (exact) mass is 392 g/mol. The molecular formula is C18H15F3N4O3. The predicted octanol–water partition coefficient (Wildman–Crippen LogP) is 3.20. The van der Waals surface area contributed by atoms with Crippen LogP contribution in [0.4, 0.5) is 24.5 Å². The van der Waals surface area contributed by atoms with Crippen molar-refractivity contribution >= 4 is 41.4 Å². The molecule has 10 heteroatoms. The molecule has 1 amide bonds. The lowest BCUT2D eigenvalue weighted by molar-refractivity contribution is -0.137. The Morgan fingerprint density at radius 1 is 1.18 bits per heavy atom. The van der Waals surface area contributed by atoms with Gasteiger partial charge in [0, 0.05) is 5.69 Å². The van der Waals surface area contributed by atoms with E-state index < -0.39 is 34.5 Å². The van der Waals surface area contributed by atoms with Gasteiger partial charge in [-0.3, -0.25) is 10.2 Å². The number of benzene rings is 2. The molecule has 0 saturated heterocycles. The molecule has 0 atom stereocenters. The summed E-state index contributed by atoms with van der Waals surface area (Å²) in [5.74, 6) is -1.84. The molecule has 0 spiro atoms. The predicted molar refractivity (Wildman–Crippen MR) is 98.6 cm³/mol. The maximum Gasteiger partial charge on any atom is 0.418 e. The van der Waals surface area contributed by atoms with Crippen molar-refractivity contribution in [3.8, 4) is 0 Å². The lowest BCUT2D eigenvalue weighted by atomic mass is 9.98. The fraction of sp³-hybridized carbons (Fsp3) is 0.0556. The van der Waals surface area contributed by atoms with Crippen molar-refractivity contribution in [1.82, 2.24) is 0 Å². The molecule has 0 aliphatic heterocycles. The zero-order chi connectivity index (χ0) is 20.9. The largest absolute Gasteiger partial charge is 0.478 e. The molecule has 2 rings (SSSR count). The second-order valence-electron chi connectivity index (χ2n) is 5.51. The zero-order valence-corrected chi connectivity index (χ0v) is 14.2. The van der Waals surface area contributed by atoms with Gasteiger partial charge in [0.15, 0.2) is 5.96 Å². The van der Waals surface area contributed by atoms with Crippen LogP contribution in [0, 0.1) is 5.41 Å². The van der Waals surface area contributed by atoms with Crippen molar-refractivity contribution in [3.05, 3.63) is 59.2 Å². The Balaban J connectivity index is 2.66. The number of nitrogens with two attached hydrogens (primary N) is 1. The van der Waals surface area contributed by atoms with E-state index in [0.717, 1.165) is 18.2 Å². The van der Waals surface area contributed by atoms with Gasteiger partial charge >= 0.3 is 12.1 Å². The van der Waals surface area contributed by atoms with Gasteiger partial charge in [-0.15, -0.1) is 0 Å². The average molecular weight is 392 g/mol. The van der Waals surface area contributed by atoms with Crippen LogP contribution in [0.3, 0.4) is 0 Å². The highest BCUT2D eigenvalue weighted by atomic mass is 19.4. The van der Waals surface area contributed by atoms with Crippen molar-refractivity contribution in [2.45, 2.75) is 6.18 Å². The molecule has 0 bridgehead atoms. The van der Waals surface area contributed by atoms with Crippen LogP contribution in [-0.4, -0.2) is 23.4 Å². The highest BCUT2D eigenvalue weighted by Crippen LogP contribution is 2.39. The summed E-state index contributed by atoms with van der Waals surface area (Å²) in [6.07, 6.45) is -3.86. The van der Waals surface area contributed by atoms with Crippen LogP contribution >= 0.6 is 0 Å². The summed E-state index contributed by atoms with van der Waals surface area (Å²) >= 11 is 0. The van der Waals surface area contributed by atoms with Crippen LogP contribution in [0.5, 0.6) is 0 Å². The zero-order valence-electron chi connectivity index (χ0n) is 14.2.